The van der Waals surface area contributed by atoms with Crippen LogP contribution in [0.4, 0.5) is 0 Å². The first-order valence-corrected chi connectivity index (χ1v) is 4.90. The number of carbonyl (C=O) groups is 1. The second-order valence-corrected chi connectivity index (χ2v) is 3.69. The smallest absolute Gasteiger partial charge is 0.166 e. The largest absolute Gasteiger partial charge is 0.319 e. The van der Waals surface area contributed by atoms with Gasteiger partial charge in [-0.1, -0.05) is 30.7 Å². The van der Waals surface area contributed by atoms with E-state index < -0.39 is 0 Å². The summed E-state index contributed by atoms with van der Waals surface area (Å²) in [6.45, 7) is 4.67. The third kappa shape index (κ3) is 2.67. The van der Waals surface area contributed by atoms with Crippen LogP contribution < -0.4 is 5.32 Å². The topological polar surface area (TPSA) is 29.1 Å². The van der Waals surface area contributed by atoms with E-state index >= 15 is 0 Å². The minimum Gasteiger partial charge on any atom is -0.319 e. The zero-order chi connectivity index (χ0) is 10.6. The summed E-state index contributed by atoms with van der Waals surface area (Å²) in [7, 11) is 1.86. The van der Waals surface area contributed by atoms with E-state index in [2.05, 4.69) is 5.32 Å². The van der Waals surface area contributed by atoms with Crippen LogP contribution in [0.15, 0.2) is 24.3 Å². The predicted molar refractivity (Wildman–Crippen MR) is 58.6 cm³/mol. The zero-order valence-corrected chi connectivity index (χ0v) is 9.00. The van der Waals surface area contributed by atoms with Crippen LogP contribution in [0.1, 0.15) is 22.8 Å². The van der Waals surface area contributed by atoms with Crippen LogP contribution in [-0.4, -0.2) is 19.4 Å². The van der Waals surface area contributed by atoms with E-state index in [-0.39, 0.29) is 11.7 Å². The summed E-state index contributed by atoms with van der Waals surface area (Å²) in [5.74, 6) is 0.254. The number of aryl methyl sites for hydroxylation is 1. The number of rotatable bonds is 4. The van der Waals surface area contributed by atoms with Gasteiger partial charge in [0.15, 0.2) is 5.78 Å². The molecule has 14 heavy (non-hydrogen) atoms. The van der Waals surface area contributed by atoms with Gasteiger partial charge in [0.25, 0.3) is 0 Å². The molecule has 1 N–H and O–H groups in total. The first-order valence-electron chi connectivity index (χ1n) is 4.90. The Morgan fingerprint density at radius 3 is 2.79 bits per heavy atom. The zero-order valence-electron chi connectivity index (χ0n) is 9.00. The summed E-state index contributed by atoms with van der Waals surface area (Å²) >= 11 is 0. The van der Waals surface area contributed by atoms with E-state index in [9.17, 15) is 4.79 Å². The van der Waals surface area contributed by atoms with Crippen molar-refractivity contribution in [3.8, 4) is 0 Å². The highest BCUT2D eigenvalue weighted by molar-refractivity contribution is 5.97. The molecule has 0 saturated carbocycles. The SMILES string of the molecule is CNCC(C)C(=O)c1cccc(C)c1. The van der Waals surface area contributed by atoms with Gasteiger partial charge in [0.1, 0.15) is 0 Å². The van der Waals surface area contributed by atoms with Gasteiger partial charge in [0.05, 0.1) is 0 Å². The molecule has 1 aromatic carbocycles. The van der Waals surface area contributed by atoms with E-state index in [1.807, 2.05) is 45.2 Å². The Morgan fingerprint density at radius 1 is 1.50 bits per heavy atom. The molecule has 1 atom stereocenters. The summed E-state index contributed by atoms with van der Waals surface area (Å²) in [5.41, 5.74) is 1.94. The maximum absolute atomic E-state index is 11.8. The highest BCUT2D eigenvalue weighted by Gasteiger charge is 2.13. The summed E-state index contributed by atoms with van der Waals surface area (Å²) in [4.78, 5) is 11.8. The van der Waals surface area contributed by atoms with Crippen molar-refractivity contribution in [2.45, 2.75) is 13.8 Å². The third-order valence-electron chi connectivity index (χ3n) is 2.26. The average molecular weight is 191 g/mol. The molecule has 0 spiro atoms. The van der Waals surface area contributed by atoms with Crippen molar-refractivity contribution in [3.63, 3.8) is 0 Å². The summed E-state index contributed by atoms with van der Waals surface area (Å²) in [5, 5.41) is 3.01. The van der Waals surface area contributed by atoms with Crippen LogP contribution in [-0.2, 0) is 0 Å². The predicted octanol–water partition coefficient (Wildman–Crippen LogP) is 2.03. The Balaban J connectivity index is 2.78. The Bertz CT molecular complexity index is 320. The number of Topliss-reactive ketones (excluding diaryl/α,β-unsaturated/α-hetero) is 1. The Kier molecular flexibility index (Phi) is 3.84. The number of ketones is 1. The number of nitrogens with one attached hydrogen (secondary N) is 1. The lowest BCUT2D eigenvalue weighted by Crippen LogP contribution is -2.23. The molecule has 0 fully saturated rings. The number of hydrogen-bond donors (Lipinski definition) is 1. The molecular formula is C12H17NO. The van der Waals surface area contributed by atoms with E-state index in [1.165, 1.54) is 0 Å². The van der Waals surface area contributed by atoms with E-state index in [0.717, 1.165) is 17.7 Å². The van der Waals surface area contributed by atoms with Crippen molar-refractivity contribution in [3.05, 3.63) is 35.4 Å². The normalized spacial score (nSPS) is 12.5. The minimum absolute atomic E-state index is 0.0433. The Labute approximate surface area is 85.3 Å². The van der Waals surface area contributed by atoms with Gasteiger partial charge in [-0.3, -0.25) is 4.79 Å². The van der Waals surface area contributed by atoms with Crippen LogP contribution in [0.25, 0.3) is 0 Å². The van der Waals surface area contributed by atoms with Gasteiger partial charge in [-0.05, 0) is 20.0 Å². The lowest BCUT2D eigenvalue weighted by Gasteiger charge is -2.09. The van der Waals surface area contributed by atoms with Gasteiger partial charge in [-0.15, -0.1) is 0 Å². The van der Waals surface area contributed by atoms with Crippen LogP contribution in [0.2, 0.25) is 0 Å². The van der Waals surface area contributed by atoms with E-state index in [1.54, 1.807) is 0 Å². The van der Waals surface area contributed by atoms with Crippen molar-refractivity contribution in [1.29, 1.82) is 0 Å². The van der Waals surface area contributed by atoms with Crippen molar-refractivity contribution in [2.24, 2.45) is 5.92 Å². The van der Waals surface area contributed by atoms with Gasteiger partial charge >= 0.3 is 0 Å². The average Bonchev–Trinajstić information content (AvgIpc) is 2.17. The molecule has 0 aliphatic carbocycles. The Hall–Kier alpha value is -1.15. The van der Waals surface area contributed by atoms with Gasteiger partial charge in [-0.25, -0.2) is 0 Å². The molecule has 0 amide bonds. The molecule has 1 rings (SSSR count). The molecule has 1 aromatic rings. The van der Waals surface area contributed by atoms with Gasteiger partial charge in [-0.2, -0.15) is 0 Å². The fourth-order valence-corrected chi connectivity index (χ4v) is 1.48. The number of benzene rings is 1. The molecule has 0 aliphatic heterocycles. The molecule has 0 aliphatic rings. The molecule has 0 aromatic heterocycles. The van der Waals surface area contributed by atoms with Crippen molar-refractivity contribution in [1.82, 2.24) is 5.32 Å². The van der Waals surface area contributed by atoms with Gasteiger partial charge in [0, 0.05) is 18.0 Å². The Morgan fingerprint density at radius 2 is 2.21 bits per heavy atom. The van der Waals surface area contributed by atoms with Crippen LogP contribution in [0.5, 0.6) is 0 Å². The van der Waals surface area contributed by atoms with Gasteiger partial charge < -0.3 is 5.32 Å². The van der Waals surface area contributed by atoms with Crippen LogP contribution in [0, 0.1) is 12.8 Å². The van der Waals surface area contributed by atoms with Crippen LogP contribution >= 0.6 is 0 Å². The summed E-state index contributed by atoms with van der Waals surface area (Å²) < 4.78 is 0. The van der Waals surface area contributed by atoms with Gasteiger partial charge in [0.2, 0.25) is 0 Å². The molecule has 0 heterocycles. The highest BCUT2D eigenvalue weighted by Crippen LogP contribution is 2.10. The van der Waals surface area contributed by atoms with Crippen molar-refractivity contribution >= 4 is 5.78 Å². The summed E-state index contributed by atoms with van der Waals surface area (Å²) in [6, 6.07) is 7.74. The minimum atomic E-state index is 0.0433. The molecule has 0 saturated heterocycles. The maximum Gasteiger partial charge on any atom is 0.166 e. The summed E-state index contributed by atoms with van der Waals surface area (Å²) in [6.07, 6.45) is 0. The standard InChI is InChI=1S/C12H17NO/c1-9-5-4-6-11(7-9)12(14)10(2)8-13-3/h4-7,10,13H,8H2,1-3H3. The fraction of sp³-hybridized carbons (Fsp3) is 0.417. The number of hydrogen-bond acceptors (Lipinski definition) is 2. The third-order valence-corrected chi connectivity index (χ3v) is 2.26. The van der Waals surface area contributed by atoms with Crippen molar-refractivity contribution < 1.29 is 4.79 Å². The lowest BCUT2D eigenvalue weighted by molar-refractivity contribution is 0.0930. The highest BCUT2D eigenvalue weighted by atomic mass is 16.1. The quantitative estimate of drug-likeness (QED) is 0.738. The monoisotopic (exact) mass is 191 g/mol. The molecular weight excluding hydrogens is 174 g/mol. The second kappa shape index (κ2) is 4.91. The molecule has 2 heteroatoms. The van der Waals surface area contributed by atoms with E-state index in [0.29, 0.717) is 0 Å². The molecule has 0 bridgehead atoms. The molecule has 0 radical (unpaired) electrons. The van der Waals surface area contributed by atoms with Crippen LogP contribution in [0.3, 0.4) is 0 Å². The first kappa shape index (κ1) is 10.9. The fourth-order valence-electron chi connectivity index (χ4n) is 1.48. The molecule has 1 unspecified atom stereocenters. The maximum atomic E-state index is 11.8. The number of carbonyl (C=O) groups excluding carboxylic acids is 1. The van der Waals surface area contributed by atoms with Crippen molar-refractivity contribution in [2.75, 3.05) is 13.6 Å². The molecule has 2 nitrogen and oxygen atoms in total. The first-order chi connectivity index (χ1) is 6.65. The van der Waals surface area contributed by atoms with E-state index in [4.69, 9.17) is 0 Å². The molecule has 76 valence electrons. The lowest BCUT2D eigenvalue weighted by atomic mass is 9.98. The second-order valence-electron chi connectivity index (χ2n) is 3.69.